The minimum atomic E-state index is -1.33. The van der Waals surface area contributed by atoms with E-state index in [4.69, 9.17) is 9.47 Å². The van der Waals surface area contributed by atoms with Crippen LogP contribution in [0.5, 0.6) is 5.75 Å². The highest BCUT2D eigenvalue weighted by Gasteiger charge is 2.34. The average Bonchev–Trinajstić information content (AvgIpc) is 3.66. The van der Waals surface area contributed by atoms with Gasteiger partial charge >= 0.3 is 0 Å². The first-order valence-corrected chi connectivity index (χ1v) is 13.3. The molecule has 0 spiro atoms. The first-order valence-electron chi connectivity index (χ1n) is 13.3. The van der Waals surface area contributed by atoms with Gasteiger partial charge in [-0.15, -0.1) is 0 Å². The van der Waals surface area contributed by atoms with Gasteiger partial charge in [-0.25, -0.2) is 18.7 Å². The molecule has 0 aliphatic heterocycles. The number of nitrogens with one attached hydrogen (secondary N) is 3. The van der Waals surface area contributed by atoms with Gasteiger partial charge in [0, 0.05) is 25.3 Å². The third kappa shape index (κ3) is 5.73. The Balaban J connectivity index is 1.39. The van der Waals surface area contributed by atoms with E-state index in [1.165, 1.54) is 13.4 Å². The molecule has 0 radical (unpaired) electrons. The predicted octanol–water partition coefficient (Wildman–Crippen LogP) is 3.92. The van der Waals surface area contributed by atoms with Gasteiger partial charge in [-0.1, -0.05) is 6.07 Å². The van der Waals surface area contributed by atoms with Gasteiger partial charge in [-0.3, -0.25) is 9.59 Å². The number of hydrogen-bond donors (Lipinski definition) is 3. The Morgan fingerprint density at radius 1 is 1.13 bits per heavy atom. The van der Waals surface area contributed by atoms with E-state index in [9.17, 15) is 9.59 Å². The van der Waals surface area contributed by atoms with Gasteiger partial charge in [-0.2, -0.15) is 0 Å². The van der Waals surface area contributed by atoms with Crippen molar-refractivity contribution >= 4 is 22.8 Å². The molecule has 11 heteroatoms. The topological polar surface area (TPSA) is 118 Å². The first-order chi connectivity index (χ1) is 18.8. The van der Waals surface area contributed by atoms with Crippen molar-refractivity contribution in [2.45, 2.75) is 64.2 Å². The Morgan fingerprint density at radius 3 is 2.64 bits per heavy atom. The van der Waals surface area contributed by atoms with E-state index >= 15 is 8.78 Å². The van der Waals surface area contributed by atoms with Crippen LogP contribution in [0.15, 0.2) is 18.5 Å². The van der Waals surface area contributed by atoms with E-state index in [0.717, 1.165) is 12.8 Å². The van der Waals surface area contributed by atoms with Crippen molar-refractivity contribution in [2.75, 3.05) is 20.3 Å². The van der Waals surface area contributed by atoms with Crippen LogP contribution in [-0.4, -0.2) is 65.3 Å². The Bertz CT molecular complexity index is 1390. The summed E-state index contributed by atoms with van der Waals surface area (Å²) < 4.78 is 41.3. The Kier molecular flexibility index (Phi) is 7.79. The SMILES string of the molecule is COCC(=O)N[C@H]1CC[C@@H](NC(=O)c2c(C)[nH]c3c(-c4c(OCC5CC5)ccc(C)c4F)ncnc23)[C@H](F)C1. The van der Waals surface area contributed by atoms with Crippen molar-refractivity contribution in [3.63, 3.8) is 0 Å². The number of rotatable bonds is 9. The van der Waals surface area contributed by atoms with E-state index in [0.29, 0.717) is 59.1 Å². The second-order valence-corrected chi connectivity index (χ2v) is 10.5. The maximum atomic E-state index is 15.5. The molecule has 2 heterocycles. The predicted molar refractivity (Wildman–Crippen MR) is 141 cm³/mol. The fourth-order valence-corrected chi connectivity index (χ4v) is 5.13. The molecule has 208 valence electrons. The molecular weight excluding hydrogens is 508 g/mol. The monoisotopic (exact) mass is 541 g/mol. The van der Waals surface area contributed by atoms with Crippen LogP contribution in [0.25, 0.3) is 22.3 Å². The molecule has 5 rings (SSSR count). The molecule has 2 saturated carbocycles. The molecule has 3 aromatic rings. The van der Waals surface area contributed by atoms with Crippen molar-refractivity contribution < 1.29 is 27.8 Å². The fourth-order valence-electron chi connectivity index (χ4n) is 5.13. The standard InChI is InChI=1S/C28H33F2N5O4/c1-14-4-9-20(39-11-16-5-6-16)23(24(14)30)26-27-25(31-13-32-26)22(15(2)33-27)28(37)35-19-8-7-17(10-18(19)29)34-21(36)12-38-3/h4,9,13,16-19,33H,5-8,10-12H2,1-3H3,(H,34,36)(H,35,37)/t17-,18+,19+/m0/s1. The average molecular weight is 542 g/mol. The summed E-state index contributed by atoms with van der Waals surface area (Å²) in [6, 6.07) is 2.38. The molecule has 39 heavy (non-hydrogen) atoms. The van der Waals surface area contributed by atoms with Crippen molar-refractivity contribution in [3.05, 3.63) is 41.1 Å². The maximum Gasteiger partial charge on any atom is 0.255 e. The van der Waals surface area contributed by atoms with Crippen molar-refractivity contribution in [1.82, 2.24) is 25.6 Å². The summed E-state index contributed by atoms with van der Waals surface area (Å²) in [7, 11) is 1.42. The van der Waals surface area contributed by atoms with Gasteiger partial charge < -0.3 is 25.1 Å². The lowest BCUT2D eigenvalue weighted by Gasteiger charge is -2.32. The number of methoxy groups -OCH3 is 1. The molecule has 0 bridgehead atoms. The Morgan fingerprint density at radius 2 is 1.92 bits per heavy atom. The van der Waals surface area contributed by atoms with Crippen LogP contribution in [0.1, 0.15) is 53.7 Å². The molecular formula is C28H33F2N5O4. The van der Waals surface area contributed by atoms with Gasteiger partial charge in [0.1, 0.15) is 41.9 Å². The van der Waals surface area contributed by atoms with Crippen molar-refractivity contribution in [3.8, 4) is 17.0 Å². The molecule has 2 aliphatic rings. The number of aromatic amines is 1. The number of aryl methyl sites for hydroxylation is 2. The number of carbonyl (C=O) groups is 2. The lowest BCUT2D eigenvalue weighted by atomic mass is 9.89. The molecule has 9 nitrogen and oxygen atoms in total. The molecule has 0 saturated heterocycles. The normalized spacial score (nSPS) is 21.1. The molecule has 0 unspecified atom stereocenters. The van der Waals surface area contributed by atoms with Crippen LogP contribution in [0.2, 0.25) is 0 Å². The summed E-state index contributed by atoms with van der Waals surface area (Å²) in [5, 5.41) is 5.56. The highest BCUT2D eigenvalue weighted by molar-refractivity contribution is 6.09. The zero-order valence-corrected chi connectivity index (χ0v) is 22.3. The highest BCUT2D eigenvalue weighted by Crippen LogP contribution is 2.39. The Hall–Kier alpha value is -3.60. The number of aromatic nitrogens is 3. The number of fused-ring (bicyclic) bond motifs is 1. The number of H-pyrrole nitrogens is 1. The van der Waals surface area contributed by atoms with Gasteiger partial charge in [0.05, 0.1) is 29.3 Å². The number of amides is 2. The lowest BCUT2D eigenvalue weighted by Crippen LogP contribution is -2.50. The molecule has 3 atom stereocenters. The van der Waals surface area contributed by atoms with Crippen molar-refractivity contribution in [2.24, 2.45) is 5.92 Å². The van der Waals surface area contributed by atoms with Crippen LogP contribution < -0.4 is 15.4 Å². The third-order valence-corrected chi connectivity index (χ3v) is 7.43. The second kappa shape index (κ2) is 11.3. The van der Waals surface area contributed by atoms with Crippen LogP contribution in [0, 0.1) is 25.6 Å². The van der Waals surface area contributed by atoms with E-state index in [1.807, 2.05) is 0 Å². The minimum Gasteiger partial charge on any atom is -0.492 e. The summed E-state index contributed by atoms with van der Waals surface area (Å²) in [5.41, 5.74) is 2.44. The Labute approximate surface area is 225 Å². The number of alkyl halides is 1. The fraction of sp³-hybridized carbons (Fsp3) is 0.500. The number of halogens is 2. The second-order valence-electron chi connectivity index (χ2n) is 10.5. The van der Waals surface area contributed by atoms with Crippen LogP contribution in [0.3, 0.4) is 0 Å². The maximum absolute atomic E-state index is 15.5. The van der Waals surface area contributed by atoms with E-state index < -0.39 is 23.9 Å². The van der Waals surface area contributed by atoms with Gasteiger partial charge in [0.25, 0.3) is 5.91 Å². The lowest BCUT2D eigenvalue weighted by molar-refractivity contribution is -0.125. The molecule has 2 fully saturated rings. The molecule has 2 aliphatic carbocycles. The molecule has 1 aromatic carbocycles. The number of ether oxygens (including phenoxy) is 2. The van der Waals surface area contributed by atoms with Crippen LogP contribution in [0.4, 0.5) is 8.78 Å². The molecule has 2 aromatic heterocycles. The summed E-state index contributed by atoms with van der Waals surface area (Å²) in [5.74, 6) is -0.359. The number of nitrogens with zero attached hydrogens (tertiary/aromatic N) is 2. The van der Waals surface area contributed by atoms with Crippen LogP contribution >= 0.6 is 0 Å². The summed E-state index contributed by atoms with van der Waals surface area (Å²) in [4.78, 5) is 37.0. The van der Waals surface area contributed by atoms with Gasteiger partial charge in [0.15, 0.2) is 0 Å². The highest BCUT2D eigenvalue weighted by atomic mass is 19.1. The first kappa shape index (κ1) is 27.0. The van der Waals surface area contributed by atoms with Gasteiger partial charge in [0.2, 0.25) is 5.91 Å². The molecule has 2 amide bonds. The van der Waals surface area contributed by atoms with Crippen LogP contribution in [-0.2, 0) is 9.53 Å². The number of carbonyl (C=O) groups excluding carboxylic acids is 2. The van der Waals surface area contributed by atoms with E-state index in [-0.39, 0.29) is 36.1 Å². The summed E-state index contributed by atoms with van der Waals surface area (Å²) in [6.07, 6.45) is 3.13. The number of hydrogen-bond acceptors (Lipinski definition) is 6. The smallest absolute Gasteiger partial charge is 0.255 e. The summed E-state index contributed by atoms with van der Waals surface area (Å²) >= 11 is 0. The molecule has 3 N–H and O–H groups in total. The third-order valence-electron chi connectivity index (χ3n) is 7.43. The van der Waals surface area contributed by atoms with Crippen molar-refractivity contribution in [1.29, 1.82) is 0 Å². The number of benzene rings is 1. The quantitative estimate of drug-likeness (QED) is 0.378. The zero-order chi connectivity index (χ0) is 27.7. The largest absolute Gasteiger partial charge is 0.492 e. The minimum absolute atomic E-state index is 0.0854. The summed E-state index contributed by atoms with van der Waals surface area (Å²) in [6.45, 7) is 3.81. The zero-order valence-electron chi connectivity index (χ0n) is 22.3. The van der Waals surface area contributed by atoms with Gasteiger partial charge in [-0.05, 0) is 57.1 Å². The van der Waals surface area contributed by atoms with E-state index in [2.05, 4.69) is 25.6 Å². The van der Waals surface area contributed by atoms with E-state index in [1.54, 1.807) is 26.0 Å².